The van der Waals surface area contributed by atoms with E-state index >= 15 is 0 Å². The monoisotopic (exact) mass is 514 g/mol. The molecule has 1 aromatic heterocycles. The summed E-state index contributed by atoms with van der Waals surface area (Å²) >= 11 is 1.34. The van der Waals surface area contributed by atoms with Crippen LogP contribution in [0.4, 0.5) is 10.7 Å². The van der Waals surface area contributed by atoms with Crippen LogP contribution in [0.15, 0.2) is 54.6 Å². The van der Waals surface area contributed by atoms with E-state index < -0.39 is 27.9 Å². The lowest BCUT2D eigenvalue weighted by atomic mass is 10.1. The number of para-hydroxylation sites is 1. The number of nitrogens with one attached hydrogen (secondary N) is 1. The minimum atomic E-state index is -3.81. The molecule has 184 valence electrons. The highest BCUT2D eigenvalue weighted by atomic mass is 32.2. The van der Waals surface area contributed by atoms with Gasteiger partial charge in [0, 0.05) is 4.88 Å². The van der Waals surface area contributed by atoms with Crippen LogP contribution in [0.5, 0.6) is 11.5 Å². The molecule has 1 heterocycles. The predicted molar refractivity (Wildman–Crippen MR) is 136 cm³/mol. The second-order valence-electron chi connectivity index (χ2n) is 8.19. The Labute approximate surface area is 208 Å². The molecule has 0 spiro atoms. The highest BCUT2D eigenvalue weighted by Gasteiger charge is 2.32. The quantitative estimate of drug-likeness (QED) is 0.441. The SMILES string of the molecule is COC(=O)c1c(NC(=O)[C@H](C)N(c2ccc(Oc3ccccc3)cc2)S(C)(=O)=O)sc2c1CCC2. The Morgan fingerprint density at radius 2 is 1.69 bits per heavy atom. The Balaban J connectivity index is 1.57. The largest absolute Gasteiger partial charge is 0.465 e. The number of hydrogen-bond acceptors (Lipinski definition) is 7. The fourth-order valence-corrected chi connectivity index (χ4v) is 6.58. The van der Waals surface area contributed by atoms with Gasteiger partial charge >= 0.3 is 5.97 Å². The van der Waals surface area contributed by atoms with E-state index in [0.717, 1.165) is 40.3 Å². The van der Waals surface area contributed by atoms with Gasteiger partial charge in [-0.2, -0.15) is 0 Å². The number of esters is 1. The van der Waals surface area contributed by atoms with Gasteiger partial charge in [-0.3, -0.25) is 9.10 Å². The summed E-state index contributed by atoms with van der Waals surface area (Å²) < 4.78 is 37.1. The molecule has 2 aromatic carbocycles. The first-order valence-corrected chi connectivity index (χ1v) is 13.7. The number of thiophene rings is 1. The van der Waals surface area contributed by atoms with Crippen LogP contribution in [-0.4, -0.2) is 39.7 Å². The van der Waals surface area contributed by atoms with Crippen LogP contribution < -0.4 is 14.4 Å². The number of sulfonamides is 1. The first kappa shape index (κ1) is 24.7. The van der Waals surface area contributed by atoms with Crippen molar-refractivity contribution in [3.8, 4) is 11.5 Å². The van der Waals surface area contributed by atoms with Gasteiger partial charge in [-0.25, -0.2) is 13.2 Å². The summed E-state index contributed by atoms with van der Waals surface area (Å²) in [4.78, 5) is 26.6. The number of aryl methyl sites for hydroxylation is 1. The maximum absolute atomic E-state index is 13.2. The Bertz CT molecular complexity index is 1330. The lowest BCUT2D eigenvalue weighted by molar-refractivity contribution is -0.116. The minimum absolute atomic E-state index is 0.317. The summed E-state index contributed by atoms with van der Waals surface area (Å²) in [6.07, 6.45) is 3.57. The van der Waals surface area contributed by atoms with Crippen molar-refractivity contribution in [2.24, 2.45) is 0 Å². The molecule has 1 aliphatic rings. The third kappa shape index (κ3) is 5.33. The number of benzene rings is 2. The van der Waals surface area contributed by atoms with E-state index in [2.05, 4.69) is 5.32 Å². The molecule has 4 rings (SSSR count). The molecular formula is C25H26N2O6S2. The predicted octanol–water partition coefficient (Wildman–Crippen LogP) is 4.61. The lowest BCUT2D eigenvalue weighted by Crippen LogP contribution is -2.45. The average molecular weight is 515 g/mol. The molecule has 35 heavy (non-hydrogen) atoms. The number of fused-ring (bicyclic) bond motifs is 1. The maximum atomic E-state index is 13.2. The molecule has 0 fully saturated rings. The number of anilines is 2. The van der Waals surface area contributed by atoms with Gasteiger partial charge in [0.25, 0.3) is 0 Å². The summed E-state index contributed by atoms with van der Waals surface area (Å²) in [7, 11) is -2.51. The summed E-state index contributed by atoms with van der Waals surface area (Å²) in [6.45, 7) is 1.50. The molecule has 0 unspecified atom stereocenters. The summed E-state index contributed by atoms with van der Waals surface area (Å²) in [5.74, 6) is 0.116. The molecule has 0 radical (unpaired) electrons. The normalized spacial score (nSPS) is 13.6. The van der Waals surface area contributed by atoms with Gasteiger partial charge in [-0.15, -0.1) is 11.3 Å². The molecule has 0 saturated heterocycles. The number of carbonyl (C=O) groups is 2. The molecule has 1 N–H and O–H groups in total. The van der Waals surface area contributed by atoms with Gasteiger partial charge in [0.2, 0.25) is 15.9 Å². The minimum Gasteiger partial charge on any atom is -0.465 e. The third-order valence-electron chi connectivity index (χ3n) is 5.71. The lowest BCUT2D eigenvalue weighted by Gasteiger charge is -2.28. The zero-order valence-electron chi connectivity index (χ0n) is 19.6. The van der Waals surface area contributed by atoms with Gasteiger partial charge in [-0.05, 0) is 68.1 Å². The summed E-state index contributed by atoms with van der Waals surface area (Å²) in [6, 6.07) is 14.6. The molecule has 0 aliphatic heterocycles. The smallest absolute Gasteiger partial charge is 0.341 e. The molecule has 0 saturated carbocycles. The van der Waals surface area contributed by atoms with Crippen LogP contribution in [-0.2, 0) is 32.4 Å². The van der Waals surface area contributed by atoms with Crippen LogP contribution in [0.25, 0.3) is 0 Å². The number of nitrogens with zero attached hydrogens (tertiary/aromatic N) is 1. The molecule has 1 aliphatic carbocycles. The average Bonchev–Trinajstić information content (AvgIpc) is 3.40. The van der Waals surface area contributed by atoms with Crippen LogP contribution >= 0.6 is 11.3 Å². The maximum Gasteiger partial charge on any atom is 0.341 e. The molecular weight excluding hydrogens is 488 g/mol. The first-order chi connectivity index (χ1) is 16.7. The fourth-order valence-electron chi connectivity index (χ4n) is 4.12. The van der Waals surface area contributed by atoms with Crippen molar-refractivity contribution < 1.29 is 27.5 Å². The van der Waals surface area contributed by atoms with E-state index in [-0.39, 0.29) is 0 Å². The van der Waals surface area contributed by atoms with E-state index in [1.807, 2.05) is 30.3 Å². The van der Waals surface area contributed by atoms with Gasteiger partial charge in [0.1, 0.15) is 22.5 Å². The zero-order valence-corrected chi connectivity index (χ0v) is 21.2. The van der Waals surface area contributed by atoms with Crippen molar-refractivity contribution in [1.82, 2.24) is 0 Å². The standard InChI is InChI=1S/C25H26N2O6S2/c1-16(23(28)26-24-22(25(29)32-2)20-10-7-11-21(20)34-24)27(35(3,30)31)17-12-14-19(15-13-17)33-18-8-5-4-6-9-18/h4-6,8-9,12-16H,7,10-11H2,1-3H3,(H,26,28)/t16-/m0/s1. The Hall–Kier alpha value is -3.37. The van der Waals surface area contributed by atoms with Crippen molar-refractivity contribution >= 4 is 43.9 Å². The third-order valence-corrected chi connectivity index (χ3v) is 8.16. The second kappa shape index (κ2) is 10.1. The van der Waals surface area contributed by atoms with E-state index in [4.69, 9.17) is 9.47 Å². The van der Waals surface area contributed by atoms with E-state index in [0.29, 0.717) is 27.8 Å². The molecule has 10 heteroatoms. The van der Waals surface area contributed by atoms with E-state index in [1.54, 1.807) is 24.3 Å². The summed E-state index contributed by atoms with van der Waals surface area (Å²) in [5.41, 5.74) is 1.58. The Kier molecular flexibility index (Phi) is 7.13. The number of carbonyl (C=O) groups excluding carboxylic acids is 2. The number of methoxy groups -OCH3 is 1. The van der Waals surface area contributed by atoms with Gasteiger partial charge < -0.3 is 14.8 Å². The molecule has 8 nitrogen and oxygen atoms in total. The Morgan fingerprint density at radius 3 is 2.31 bits per heavy atom. The number of amides is 1. The van der Waals surface area contributed by atoms with Crippen LogP contribution in [0.2, 0.25) is 0 Å². The van der Waals surface area contributed by atoms with Crippen LogP contribution in [0.1, 0.15) is 34.1 Å². The zero-order chi connectivity index (χ0) is 25.2. The second-order valence-corrected chi connectivity index (χ2v) is 11.2. The van der Waals surface area contributed by atoms with Crippen LogP contribution in [0, 0.1) is 0 Å². The highest BCUT2D eigenvalue weighted by molar-refractivity contribution is 7.92. The van der Waals surface area contributed by atoms with Crippen LogP contribution in [0.3, 0.4) is 0 Å². The van der Waals surface area contributed by atoms with E-state index in [9.17, 15) is 18.0 Å². The van der Waals surface area contributed by atoms with E-state index in [1.165, 1.54) is 25.4 Å². The van der Waals surface area contributed by atoms with Crippen molar-refractivity contribution in [3.05, 3.63) is 70.6 Å². The number of rotatable bonds is 8. The number of ether oxygens (including phenoxy) is 2. The van der Waals surface area contributed by atoms with Gasteiger partial charge in [-0.1, -0.05) is 18.2 Å². The summed E-state index contributed by atoms with van der Waals surface area (Å²) in [5, 5.41) is 3.16. The Morgan fingerprint density at radius 1 is 1.03 bits per heavy atom. The van der Waals surface area contributed by atoms with Crippen molar-refractivity contribution in [1.29, 1.82) is 0 Å². The van der Waals surface area contributed by atoms with Gasteiger partial charge in [0.05, 0.1) is 24.6 Å². The fraction of sp³-hybridized carbons (Fsp3) is 0.280. The highest BCUT2D eigenvalue weighted by Crippen LogP contribution is 2.39. The van der Waals surface area contributed by atoms with Crippen molar-refractivity contribution in [3.63, 3.8) is 0 Å². The molecule has 1 amide bonds. The molecule has 3 aromatic rings. The van der Waals surface area contributed by atoms with Crippen molar-refractivity contribution in [2.45, 2.75) is 32.2 Å². The number of hydrogen-bond donors (Lipinski definition) is 1. The topological polar surface area (TPSA) is 102 Å². The molecule has 0 bridgehead atoms. The molecule has 1 atom stereocenters. The first-order valence-electron chi connectivity index (χ1n) is 11.0. The van der Waals surface area contributed by atoms with Gasteiger partial charge in [0.15, 0.2) is 0 Å². The van der Waals surface area contributed by atoms with Crippen molar-refractivity contribution in [2.75, 3.05) is 23.0 Å².